The Bertz CT molecular complexity index is 535. The van der Waals surface area contributed by atoms with Gasteiger partial charge >= 0.3 is 0 Å². The quantitative estimate of drug-likeness (QED) is 0.649. The molecule has 3 N–H and O–H groups in total. The number of pyridine rings is 2. The summed E-state index contributed by atoms with van der Waals surface area (Å²) < 4.78 is 5.14. The molecule has 6 heteroatoms. The summed E-state index contributed by atoms with van der Waals surface area (Å²) in [6, 6.07) is 3.41. The van der Waals surface area contributed by atoms with Crippen molar-refractivity contribution in [2.45, 2.75) is 6.04 Å². The SMILES string of the molecule is COc1cncc(C(NN)c2ccncc2Cl)c1. The second-order valence-electron chi connectivity index (χ2n) is 3.65. The zero-order valence-corrected chi connectivity index (χ0v) is 10.6. The van der Waals surface area contributed by atoms with E-state index >= 15 is 0 Å². The van der Waals surface area contributed by atoms with Crippen molar-refractivity contribution in [3.05, 3.63) is 53.1 Å². The third kappa shape index (κ3) is 2.59. The molecule has 0 amide bonds. The zero-order chi connectivity index (χ0) is 13.0. The lowest BCUT2D eigenvalue weighted by molar-refractivity contribution is 0.411. The Kier molecular flexibility index (Phi) is 4.09. The standard InChI is InChI=1S/C12H13ClN4O/c1-18-9-4-8(5-16-6-9)12(17-14)10-2-3-15-7-11(10)13/h2-7,12,17H,14H2,1H3. The number of aromatic nitrogens is 2. The van der Waals surface area contributed by atoms with E-state index < -0.39 is 0 Å². The molecule has 0 fully saturated rings. The summed E-state index contributed by atoms with van der Waals surface area (Å²) in [5.74, 6) is 6.26. The number of nitrogens with zero attached hydrogens (tertiary/aromatic N) is 2. The first-order chi connectivity index (χ1) is 8.76. The second kappa shape index (κ2) is 5.77. The molecule has 0 aromatic carbocycles. The number of ether oxygens (including phenoxy) is 1. The van der Waals surface area contributed by atoms with Crippen LogP contribution in [0.1, 0.15) is 17.2 Å². The average molecular weight is 265 g/mol. The summed E-state index contributed by atoms with van der Waals surface area (Å²) in [7, 11) is 1.59. The molecule has 2 rings (SSSR count). The number of rotatable bonds is 4. The van der Waals surface area contributed by atoms with Crippen molar-refractivity contribution in [3.63, 3.8) is 0 Å². The van der Waals surface area contributed by atoms with Crippen molar-refractivity contribution in [2.24, 2.45) is 5.84 Å². The summed E-state index contributed by atoms with van der Waals surface area (Å²) in [6.07, 6.45) is 6.59. The van der Waals surface area contributed by atoms with Crippen molar-refractivity contribution in [1.29, 1.82) is 0 Å². The Morgan fingerprint density at radius 3 is 2.83 bits per heavy atom. The zero-order valence-electron chi connectivity index (χ0n) is 9.80. The van der Waals surface area contributed by atoms with Crippen LogP contribution in [0.5, 0.6) is 5.75 Å². The van der Waals surface area contributed by atoms with E-state index in [1.54, 1.807) is 31.9 Å². The van der Waals surface area contributed by atoms with Gasteiger partial charge in [0.2, 0.25) is 0 Å². The van der Waals surface area contributed by atoms with Gasteiger partial charge in [0.15, 0.2) is 0 Å². The summed E-state index contributed by atoms with van der Waals surface area (Å²) in [5.41, 5.74) is 4.42. The van der Waals surface area contributed by atoms with Gasteiger partial charge in [-0.3, -0.25) is 15.8 Å². The van der Waals surface area contributed by atoms with E-state index in [2.05, 4.69) is 15.4 Å². The normalized spacial score (nSPS) is 12.2. The van der Waals surface area contributed by atoms with Gasteiger partial charge in [0.25, 0.3) is 0 Å². The van der Waals surface area contributed by atoms with Gasteiger partial charge in [0, 0.05) is 18.6 Å². The second-order valence-corrected chi connectivity index (χ2v) is 4.06. The summed E-state index contributed by atoms with van der Waals surface area (Å²) in [4.78, 5) is 8.05. The minimum atomic E-state index is -0.261. The maximum Gasteiger partial charge on any atom is 0.137 e. The average Bonchev–Trinajstić information content (AvgIpc) is 2.42. The van der Waals surface area contributed by atoms with Crippen LogP contribution in [0.3, 0.4) is 0 Å². The predicted octanol–water partition coefficient (Wildman–Crippen LogP) is 1.69. The van der Waals surface area contributed by atoms with Crippen molar-refractivity contribution >= 4 is 11.6 Å². The van der Waals surface area contributed by atoms with Gasteiger partial charge in [-0.15, -0.1) is 0 Å². The highest BCUT2D eigenvalue weighted by Crippen LogP contribution is 2.28. The number of nitrogens with two attached hydrogens (primary N) is 1. The van der Waals surface area contributed by atoms with Gasteiger partial charge < -0.3 is 4.74 Å². The van der Waals surface area contributed by atoms with Crippen LogP contribution < -0.4 is 16.0 Å². The lowest BCUT2D eigenvalue weighted by atomic mass is 10.0. The van der Waals surface area contributed by atoms with Crippen LogP contribution in [-0.2, 0) is 0 Å². The third-order valence-corrected chi connectivity index (χ3v) is 2.90. The third-order valence-electron chi connectivity index (χ3n) is 2.58. The molecule has 0 bridgehead atoms. The topological polar surface area (TPSA) is 73.1 Å². The Morgan fingerprint density at radius 1 is 1.33 bits per heavy atom. The van der Waals surface area contributed by atoms with Crippen molar-refractivity contribution in [3.8, 4) is 5.75 Å². The molecule has 18 heavy (non-hydrogen) atoms. The van der Waals surface area contributed by atoms with Gasteiger partial charge in [-0.2, -0.15) is 0 Å². The number of methoxy groups -OCH3 is 1. The molecular formula is C12H13ClN4O. The van der Waals surface area contributed by atoms with E-state index in [1.807, 2.05) is 12.1 Å². The molecule has 1 unspecified atom stereocenters. The summed E-state index contributed by atoms with van der Waals surface area (Å²) in [6.45, 7) is 0. The minimum Gasteiger partial charge on any atom is -0.495 e. The largest absolute Gasteiger partial charge is 0.495 e. The first-order valence-corrected chi connectivity index (χ1v) is 5.68. The number of hydrazine groups is 1. The molecule has 0 spiro atoms. The molecule has 0 aliphatic rings. The fraction of sp³-hybridized carbons (Fsp3) is 0.167. The van der Waals surface area contributed by atoms with Crippen molar-refractivity contribution in [2.75, 3.05) is 7.11 Å². The number of halogens is 1. The highest BCUT2D eigenvalue weighted by Gasteiger charge is 2.16. The predicted molar refractivity (Wildman–Crippen MR) is 69.2 cm³/mol. The minimum absolute atomic E-state index is 0.261. The Hall–Kier alpha value is -1.69. The first kappa shape index (κ1) is 12.8. The van der Waals surface area contributed by atoms with Crippen LogP contribution in [0, 0.1) is 0 Å². The highest BCUT2D eigenvalue weighted by atomic mass is 35.5. The maximum absolute atomic E-state index is 6.11. The van der Waals surface area contributed by atoms with Crippen LogP contribution >= 0.6 is 11.6 Å². The fourth-order valence-electron chi connectivity index (χ4n) is 1.69. The number of hydrogen-bond donors (Lipinski definition) is 2. The van der Waals surface area contributed by atoms with E-state index in [-0.39, 0.29) is 6.04 Å². The number of hydrogen-bond acceptors (Lipinski definition) is 5. The van der Waals surface area contributed by atoms with Gasteiger partial charge in [0.05, 0.1) is 24.4 Å². The number of nitrogens with one attached hydrogen (secondary N) is 1. The van der Waals surface area contributed by atoms with E-state index in [9.17, 15) is 0 Å². The molecule has 5 nitrogen and oxygen atoms in total. The van der Waals surface area contributed by atoms with Crippen LogP contribution in [-0.4, -0.2) is 17.1 Å². The summed E-state index contributed by atoms with van der Waals surface area (Å²) in [5, 5.41) is 0.545. The van der Waals surface area contributed by atoms with E-state index in [0.717, 1.165) is 11.1 Å². The molecule has 2 heterocycles. The van der Waals surface area contributed by atoms with Gasteiger partial charge in [0.1, 0.15) is 5.75 Å². The lowest BCUT2D eigenvalue weighted by Crippen LogP contribution is -2.29. The van der Waals surface area contributed by atoms with Crippen LogP contribution in [0.2, 0.25) is 5.02 Å². The lowest BCUT2D eigenvalue weighted by Gasteiger charge is -2.17. The van der Waals surface area contributed by atoms with Gasteiger partial charge in [-0.05, 0) is 23.3 Å². The molecule has 94 valence electrons. The van der Waals surface area contributed by atoms with Crippen molar-refractivity contribution < 1.29 is 4.74 Å². The van der Waals surface area contributed by atoms with Gasteiger partial charge in [-0.25, -0.2) is 5.43 Å². The molecule has 2 aromatic rings. The van der Waals surface area contributed by atoms with E-state index in [0.29, 0.717) is 10.8 Å². The molecule has 0 aliphatic carbocycles. The molecule has 1 atom stereocenters. The monoisotopic (exact) mass is 264 g/mol. The summed E-state index contributed by atoms with van der Waals surface area (Å²) >= 11 is 6.11. The molecule has 2 aromatic heterocycles. The van der Waals surface area contributed by atoms with Crippen LogP contribution in [0.15, 0.2) is 36.9 Å². The molecule has 0 saturated heterocycles. The van der Waals surface area contributed by atoms with Crippen LogP contribution in [0.4, 0.5) is 0 Å². The fourth-order valence-corrected chi connectivity index (χ4v) is 1.92. The van der Waals surface area contributed by atoms with Gasteiger partial charge in [-0.1, -0.05) is 11.6 Å². The molecule has 0 saturated carbocycles. The Morgan fingerprint density at radius 2 is 2.17 bits per heavy atom. The Labute approximate surface area is 110 Å². The van der Waals surface area contributed by atoms with Crippen LogP contribution in [0.25, 0.3) is 0 Å². The highest BCUT2D eigenvalue weighted by molar-refractivity contribution is 6.31. The molecule has 0 radical (unpaired) electrons. The maximum atomic E-state index is 6.11. The van der Waals surface area contributed by atoms with Crippen molar-refractivity contribution in [1.82, 2.24) is 15.4 Å². The smallest absolute Gasteiger partial charge is 0.137 e. The molecular weight excluding hydrogens is 252 g/mol. The molecule has 0 aliphatic heterocycles. The Balaban J connectivity index is 2.42. The first-order valence-electron chi connectivity index (χ1n) is 5.30. The van der Waals surface area contributed by atoms with E-state index in [1.165, 1.54) is 0 Å². The van der Waals surface area contributed by atoms with E-state index in [4.69, 9.17) is 22.2 Å².